The van der Waals surface area contributed by atoms with Gasteiger partial charge in [-0.1, -0.05) is 24.3 Å². The average molecular weight is 320 g/mol. The monoisotopic (exact) mass is 320 g/mol. The van der Waals surface area contributed by atoms with Crippen LogP contribution >= 0.6 is 0 Å². The highest BCUT2D eigenvalue weighted by Crippen LogP contribution is 2.36. The summed E-state index contributed by atoms with van der Waals surface area (Å²) in [5.41, 5.74) is 2.87. The van der Waals surface area contributed by atoms with Crippen molar-refractivity contribution in [3.05, 3.63) is 70.1 Å². The van der Waals surface area contributed by atoms with Crippen LogP contribution in [0, 0.1) is 6.92 Å². The second kappa shape index (κ2) is 5.49. The van der Waals surface area contributed by atoms with Crippen molar-refractivity contribution in [1.82, 2.24) is 14.8 Å². The number of aryl methyl sites for hydroxylation is 1. The van der Waals surface area contributed by atoms with Crippen molar-refractivity contribution in [2.75, 3.05) is 12.4 Å². The van der Waals surface area contributed by atoms with E-state index in [9.17, 15) is 4.79 Å². The number of fused-ring (bicyclic) bond motifs is 3. The molecule has 0 saturated carbocycles. The van der Waals surface area contributed by atoms with Gasteiger partial charge in [0.15, 0.2) is 5.82 Å². The molecular weight excluding hydrogens is 304 g/mol. The van der Waals surface area contributed by atoms with Crippen LogP contribution < -0.4 is 15.6 Å². The van der Waals surface area contributed by atoms with Gasteiger partial charge in [-0.2, -0.15) is 10.1 Å². The Hall–Kier alpha value is -3.15. The predicted octanol–water partition coefficient (Wildman–Crippen LogP) is 2.59. The summed E-state index contributed by atoms with van der Waals surface area (Å²) in [6, 6.07) is 15.5. The van der Waals surface area contributed by atoms with Gasteiger partial charge in [0.1, 0.15) is 17.6 Å². The van der Waals surface area contributed by atoms with Crippen molar-refractivity contribution in [3.8, 4) is 17.1 Å². The van der Waals surface area contributed by atoms with Gasteiger partial charge < -0.3 is 10.1 Å². The molecular formula is C18H16N4O2. The second-order valence-electron chi connectivity index (χ2n) is 5.64. The van der Waals surface area contributed by atoms with Gasteiger partial charge in [-0.05, 0) is 36.8 Å². The first kappa shape index (κ1) is 14.4. The number of benzene rings is 2. The highest BCUT2D eigenvalue weighted by Gasteiger charge is 2.26. The topological polar surface area (TPSA) is 69.0 Å². The molecule has 1 atom stereocenters. The Bertz CT molecular complexity index is 963. The summed E-state index contributed by atoms with van der Waals surface area (Å²) in [6.45, 7) is 1.67. The molecule has 0 amide bonds. The van der Waals surface area contributed by atoms with Crippen LogP contribution in [0.25, 0.3) is 11.4 Å². The van der Waals surface area contributed by atoms with E-state index < -0.39 is 0 Å². The number of nitrogens with zero attached hydrogens (tertiary/aromatic N) is 3. The number of aromatic nitrogens is 3. The summed E-state index contributed by atoms with van der Waals surface area (Å²) in [6.07, 6.45) is -0.243. The largest absolute Gasteiger partial charge is 0.497 e. The first-order valence-electron chi connectivity index (χ1n) is 7.65. The van der Waals surface area contributed by atoms with Crippen LogP contribution in [-0.2, 0) is 0 Å². The van der Waals surface area contributed by atoms with E-state index in [4.69, 9.17) is 4.74 Å². The number of para-hydroxylation sites is 1. The highest BCUT2D eigenvalue weighted by atomic mass is 16.5. The molecule has 24 heavy (non-hydrogen) atoms. The number of nitrogens with one attached hydrogen (secondary N) is 1. The lowest BCUT2D eigenvalue weighted by molar-refractivity contribution is 0.414. The van der Waals surface area contributed by atoms with Gasteiger partial charge >= 0.3 is 0 Å². The van der Waals surface area contributed by atoms with Crippen LogP contribution in [0.4, 0.5) is 5.69 Å². The molecule has 1 N–H and O–H groups in total. The third-order valence-electron chi connectivity index (χ3n) is 4.13. The van der Waals surface area contributed by atoms with Crippen LogP contribution in [-0.4, -0.2) is 21.9 Å². The van der Waals surface area contributed by atoms with E-state index in [-0.39, 0.29) is 11.7 Å². The summed E-state index contributed by atoms with van der Waals surface area (Å²) in [5.74, 6) is 1.36. The molecule has 120 valence electrons. The Morgan fingerprint density at radius 3 is 2.62 bits per heavy atom. The molecule has 2 aromatic carbocycles. The summed E-state index contributed by atoms with van der Waals surface area (Å²) < 4.78 is 6.99. The predicted molar refractivity (Wildman–Crippen MR) is 91.2 cm³/mol. The maximum atomic E-state index is 12.0. The fourth-order valence-electron chi connectivity index (χ4n) is 2.87. The number of rotatable bonds is 2. The van der Waals surface area contributed by atoms with E-state index in [1.54, 1.807) is 18.7 Å². The second-order valence-corrected chi connectivity index (χ2v) is 5.64. The van der Waals surface area contributed by atoms with Gasteiger partial charge in [0, 0.05) is 11.3 Å². The average Bonchev–Trinajstić information content (AvgIpc) is 2.62. The zero-order valence-electron chi connectivity index (χ0n) is 13.4. The molecule has 0 saturated heterocycles. The number of hydrogen-bond acceptors (Lipinski definition) is 5. The first-order valence-corrected chi connectivity index (χ1v) is 7.65. The van der Waals surface area contributed by atoms with E-state index in [0.29, 0.717) is 11.5 Å². The molecule has 1 aliphatic heterocycles. The van der Waals surface area contributed by atoms with E-state index >= 15 is 0 Å². The Kier molecular flexibility index (Phi) is 3.30. The van der Waals surface area contributed by atoms with Gasteiger partial charge in [-0.25, -0.2) is 4.68 Å². The van der Waals surface area contributed by atoms with E-state index in [2.05, 4.69) is 15.4 Å². The van der Waals surface area contributed by atoms with Gasteiger partial charge in [-0.3, -0.25) is 4.79 Å². The van der Waals surface area contributed by atoms with E-state index in [1.807, 2.05) is 48.5 Å². The minimum absolute atomic E-state index is 0.243. The third-order valence-corrected chi connectivity index (χ3v) is 4.13. The van der Waals surface area contributed by atoms with Crippen molar-refractivity contribution >= 4 is 5.69 Å². The molecule has 2 heterocycles. The minimum Gasteiger partial charge on any atom is -0.497 e. The smallest absolute Gasteiger partial charge is 0.294 e. The molecule has 6 heteroatoms. The molecule has 1 aromatic heterocycles. The van der Waals surface area contributed by atoms with E-state index in [1.165, 1.54) is 0 Å². The van der Waals surface area contributed by atoms with E-state index in [0.717, 1.165) is 22.6 Å². The summed E-state index contributed by atoms with van der Waals surface area (Å²) in [7, 11) is 1.64. The van der Waals surface area contributed by atoms with Crippen LogP contribution in [0.3, 0.4) is 0 Å². The molecule has 0 bridgehead atoms. The van der Waals surface area contributed by atoms with Crippen LogP contribution in [0.1, 0.15) is 17.4 Å². The lowest BCUT2D eigenvalue weighted by Gasteiger charge is -2.30. The lowest BCUT2D eigenvalue weighted by atomic mass is 10.1. The zero-order valence-corrected chi connectivity index (χ0v) is 13.4. The quantitative estimate of drug-likeness (QED) is 0.786. The van der Waals surface area contributed by atoms with Crippen molar-refractivity contribution in [3.63, 3.8) is 0 Å². The number of methoxy groups -OCH3 is 1. The summed E-state index contributed by atoms with van der Waals surface area (Å²) >= 11 is 0. The molecule has 0 radical (unpaired) electrons. The fourth-order valence-corrected chi connectivity index (χ4v) is 2.87. The summed E-state index contributed by atoms with van der Waals surface area (Å²) in [4.78, 5) is 16.2. The highest BCUT2D eigenvalue weighted by molar-refractivity contribution is 5.76. The van der Waals surface area contributed by atoms with Crippen LogP contribution in [0.15, 0.2) is 53.3 Å². The molecule has 3 aromatic rings. The molecule has 0 spiro atoms. The normalized spacial score (nSPS) is 15.2. The number of hydrogen-bond donors (Lipinski definition) is 1. The molecule has 4 rings (SSSR count). The summed E-state index contributed by atoms with van der Waals surface area (Å²) in [5, 5.41) is 7.93. The maximum absolute atomic E-state index is 12.0. The van der Waals surface area contributed by atoms with Gasteiger partial charge in [0.05, 0.1) is 7.11 Å². The fraction of sp³-hybridized carbons (Fsp3) is 0.167. The molecule has 0 aliphatic carbocycles. The minimum atomic E-state index is -0.300. The molecule has 6 nitrogen and oxygen atoms in total. The third kappa shape index (κ3) is 2.23. The van der Waals surface area contributed by atoms with Crippen molar-refractivity contribution in [1.29, 1.82) is 0 Å². The standard InChI is InChI=1S/C18H16N4O2/c1-11-18(23)20-17-14-5-3-4-6-15(14)19-16(22(17)21-11)12-7-9-13(24-2)10-8-12/h3-10,16,19H,1-2H3/t16-/m1/s1. The molecule has 1 aliphatic rings. The SMILES string of the molecule is COc1ccc([C@@H]2Nc3ccccc3-c3nc(=O)c(C)nn32)cc1. The molecule has 0 fully saturated rings. The van der Waals surface area contributed by atoms with Crippen LogP contribution in [0.5, 0.6) is 5.75 Å². The first-order chi connectivity index (χ1) is 11.7. The van der Waals surface area contributed by atoms with Crippen molar-refractivity contribution < 1.29 is 4.74 Å². The number of ether oxygens (including phenoxy) is 1. The Balaban J connectivity index is 1.91. The van der Waals surface area contributed by atoms with Crippen molar-refractivity contribution in [2.45, 2.75) is 13.1 Å². The Labute approximate surface area is 138 Å². The Morgan fingerprint density at radius 2 is 1.88 bits per heavy atom. The van der Waals surface area contributed by atoms with Crippen LogP contribution in [0.2, 0.25) is 0 Å². The maximum Gasteiger partial charge on any atom is 0.294 e. The Morgan fingerprint density at radius 1 is 1.12 bits per heavy atom. The lowest BCUT2D eigenvalue weighted by Crippen LogP contribution is -2.32. The zero-order chi connectivity index (χ0) is 16.7. The number of anilines is 1. The van der Waals surface area contributed by atoms with Gasteiger partial charge in [-0.15, -0.1) is 0 Å². The molecule has 0 unspecified atom stereocenters. The van der Waals surface area contributed by atoms with Gasteiger partial charge in [0.2, 0.25) is 0 Å². The van der Waals surface area contributed by atoms with Crippen molar-refractivity contribution in [2.24, 2.45) is 0 Å². The van der Waals surface area contributed by atoms with Gasteiger partial charge in [0.25, 0.3) is 5.56 Å².